The maximum absolute atomic E-state index is 11.4. The van der Waals surface area contributed by atoms with Gasteiger partial charge in [0.25, 0.3) is 5.91 Å². The summed E-state index contributed by atoms with van der Waals surface area (Å²) < 4.78 is 14.7. The van der Waals surface area contributed by atoms with Crippen LogP contribution in [0.1, 0.15) is 17.3 Å². The molecule has 2 N–H and O–H groups in total. The lowest BCUT2D eigenvalue weighted by Crippen LogP contribution is -2.34. The third kappa shape index (κ3) is 5.01. The Morgan fingerprint density at radius 1 is 1.24 bits per heavy atom. The summed E-state index contributed by atoms with van der Waals surface area (Å²) in [5.41, 5.74) is -0.0170. The molecular weight excluding hydrogens is 282 g/mol. The number of imide groups is 1. The molecule has 0 aliphatic carbocycles. The number of carbonyl (C=O) groups is 3. The number of benzene rings is 1. The van der Waals surface area contributed by atoms with E-state index in [2.05, 4.69) is 4.74 Å². The van der Waals surface area contributed by atoms with Crippen molar-refractivity contribution < 1.29 is 33.7 Å². The highest BCUT2D eigenvalue weighted by Gasteiger charge is 2.13. The molecule has 0 saturated heterocycles. The molecule has 1 aromatic carbocycles. The minimum absolute atomic E-state index is 0.0170. The number of hydrogen-bond donors (Lipinski definition) is 2. The third-order valence-electron chi connectivity index (χ3n) is 2.29. The second kappa shape index (κ2) is 7.73. The average Bonchev–Trinajstić information content (AvgIpc) is 2.44. The minimum Gasteiger partial charge on any atom is -0.493 e. The van der Waals surface area contributed by atoms with Gasteiger partial charge in [0.2, 0.25) is 0 Å². The van der Waals surface area contributed by atoms with Crippen molar-refractivity contribution in [2.24, 2.45) is 0 Å². The number of alkyl carbamates (subject to hydrolysis) is 1. The number of methoxy groups -OCH3 is 1. The number of aromatic carboxylic acids is 1. The van der Waals surface area contributed by atoms with Crippen LogP contribution in [0.15, 0.2) is 18.2 Å². The first-order valence-corrected chi connectivity index (χ1v) is 5.98. The molecule has 0 unspecified atom stereocenters. The molecule has 0 saturated carbocycles. The van der Waals surface area contributed by atoms with Gasteiger partial charge in [0.1, 0.15) is 0 Å². The molecule has 114 valence electrons. The van der Waals surface area contributed by atoms with Crippen molar-refractivity contribution in [3.8, 4) is 11.5 Å². The van der Waals surface area contributed by atoms with E-state index in [1.807, 2.05) is 5.32 Å². The molecule has 0 spiro atoms. The highest BCUT2D eigenvalue weighted by Crippen LogP contribution is 2.27. The zero-order valence-corrected chi connectivity index (χ0v) is 11.5. The highest BCUT2D eigenvalue weighted by atomic mass is 16.6. The molecule has 1 rings (SSSR count). The minimum atomic E-state index is -1.14. The van der Waals surface area contributed by atoms with Crippen molar-refractivity contribution in [2.45, 2.75) is 6.92 Å². The maximum Gasteiger partial charge on any atom is 0.413 e. The Kier molecular flexibility index (Phi) is 5.99. The van der Waals surface area contributed by atoms with E-state index in [0.29, 0.717) is 0 Å². The van der Waals surface area contributed by atoms with Crippen LogP contribution < -0.4 is 14.8 Å². The molecule has 8 heteroatoms. The van der Waals surface area contributed by atoms with Crippen LogP contribution in [0.4, 0.5) is 4.79 Å². The molecule has 0 radical (unpaired) electrons. The van der Waals surface area contributed by atoms with Crippen molar-refractivity contribution in [1.82, 2.24) is 5.32 Å². The Bertz CT molecular complexity index is 541. The zero-order valence-electron chi connectivity index (χ0n) is 11.5. The van der Waals surface area contributed by atoms with E-state index in [1.54, 1.807) is 6.92 Å². The standard InChI is InChI=1S/C13H15NO7/c1-3-20-13(18)14-11(15)7-21-10-6-8(12(16)17)4-5-9(10)19-2/h4-6H,3,7H2,1-2H3,(H,16,17)(H,14,15,18). The Hall–Kier alpha value is -2.77. The molecule has 0 atom stereocenters. The van der Waals surface area contributed by atoms with Crippen molar-refractivity contribution in [3.05, 3.63) is 23.8 Å². The van der Waals surface area contributed by atoms with Crippen LogP contribution in [-0.4, -0.2) is 43.4 Å². The van der Waals surface area contributed by atoms with Crippen LogP contribution in [0, 0.1) is 0 Å². The Labute approximate surface area is 120 Å². The average molecular weight is 297 g/mol. The van der Waals surface area contributed by atoms with Gasteiger partial charge in [-0.15, -0.1) is 0 Å². The normalized spacial score (nSPS) is 9.62. The molecule has 8 nitrogen and oxygen atoms in total. The number of carboxylic acid groups (broad SMARTS) is 1. The van der Waals surface area contributed by atoms with Gasteiger partial charge in [-0.05, 0) is 25.1 Å². The van der Waals surface area contributed by atoms with Gasteiger partial charge in [0.15, 0.2) is 18.1 Å². The number of nitrogens with one attached hydrogen (secondary N) is 1. The lowest BCUT2D eigenvalue weighted by atomic mass is 10.2. The van der Waals surface area contributed by atoms with E-state index in [1.165, 1.54) is 25.3 Å². The number of ether oxygens (including phenoxy) is 3. The van der Waals surface area contributed by atoms with Crippen molar-refractivity contribution in [2.75, 3.05) is 20.3 Å². The SMILES string of the molecule is CCOC(=O)NC(=O)COc1cc(C(=O)O)ccc1OC. The summed E-state index contributed by atoms with van der Waals surface area (Å²) in [6, 6.07) is 3.97. The third-order valence-corrected chi connectivity index (χ3v) is 2.29. The molecule has 1 aromatic rings. The summed E-state index contributed by atoms with van der Waals surface area (Å²) in [5, 5.41) is 10.8. The lowest BCUT2D eigenvalue weighted by molar-refractivity contribution is -0.122. The molecule has 0 aliphatic rings. The molecule has 0 aliphatic heterocycles. The Balaban J connectivity index is 2.69. The molecule has 0 aromatic heterocycles. The number of hydrogen-bond acceptors (Lipinski definition) is 6. The van der Waals surface area contributed by atoms with Crippen LogP contribution in [0.3, 0.4) is 0 Å². The molecule has 0 heterocycles. The van der Waals surface area contributed by atoms with Crippen LogP contribution >= 0.6 is 0 Å². The summed E-state index contributed by atoms with van der Waals surface area (Å²) in [4.78, 5) is 33.3. The summed E-state index contributed by atoms with van der Waals surface area (Å²) in [7, 11) is 1.38. The summed E-state index contributed by atoms with van der Waals surface area (Å²) >= 11 is 0. The van der Waals surface area contributed by atoms with Crippen LogP contribution in [-0.2, 0) is 9.53 Å². The van der Waals surface area contributed by atoms with Gasteiger partial charge in [-0.1, -0.05) is 0 Å². The van der Waals surface area contributed by atoms with Crippen molar-refractivity contribution >= 4 is 18.0 Å². The summed E-state index contributed by atoms with van der Waals surface area (Å²) in [6.45, 7) is 1.25. The van der Waals surface area contributed by atoms with Crippen LogP contribution in [0.5, 0.6) is 11.5 Å². The molecular formula is C13H15NO7. The molecule has 2 amide bonds. The maximum atomic E-state index is 11.4. The molecule has 21 heavy (non-hydrogen) atoms. The second-order valence-electron chi connectivity index (χ2n) is 3.73. The first-order valence-electron chi connectivity index (χ1n) is 5.98. The van der Waals surface area contributed by atoms with E-state index >= 15 is 0 Å². The first kappa shape index (κ1) is 16.3. The van der Waals surface area contributed by atoms with Gasteiger partial charge in [0, 0.05) is 0 Å². The fourth-order valence-corrected chi connectivity index (χ4v) is 1.38. The highest BCUT2D eigenvalue weighted by molar-refractivity contribution is 5.92. The number of rotatable bonds is 6. The Morgan fingerprint density at radius 2 is 1.95 bits per heavy atom. The predicted molar refractivity (Wildman–Crippen MR) is 70.6 cm³/mol. The monoisotopic (exact) mass is 297 g/mol. The van der Waals surface area contributed by atoms with Crippen molar-refractivity contribution in [3.63, 3.8) is 0 Å². The lowest BCUT2D eigenvalue weighted by Gasteiger charge is -2.11. The first-order chi connectivity index (χ1) is 9.97. The topological polar surface area (TPSA) is 111 Å². The fourth-order valence-electron chi connectivity index (χ4n) is 1.38. The van der Waals surface area contributed by atoms with Gasteiger partial charge in [-0.3, -0.25) is 10.1 Å². The van der Waals surface area contributed by atoms with E-state index in [9.17, 15) is 14.4 Å². The van der Waals surface area contributed by atoms with Gasteiger partial charge in [-0.2, -0.15) is 0 Å². The van der Waals surface area contributed by atoms with Gasteiger partial charge >= 0.3 is 12.1 Å². The smallest absolute Gasteiger partial charge is 0.413 e. The largest absolute Gasteiger partial charge is 0.493 e. The summed E-state index contributed by atoms with van der Waals surface area (Å²) in [6.07, 6.45) is -0.877. The quantitative estimate of drug-likeness (QED) is 0.807. The fraction of sp³-hybridized carbons (Fsp3) is 0.308. The van der Waals surface area contributed by atoms with E-state index in [0.717, 1.165) is 0 Å². The molecule has 0 fully saturated rings. The number of carboxylic acids is 1. The zero-order chi connectivity index (χ0) is 15.8. The summed E-state index contributed by atoms with van der Waals surface area (Å²) in [5.74, 6) is -1.52. The van der Waals surface area contributed by atoms with E-state index < -0.39 is 24.6 Å². The number of carbonyl (C=O) groups excluding carboxylic acids is 2. The number of amides is 2. The van der Waals surface area contributed by atoms with Gasteiger partial charge in [0.05, 0.1) is 19.3 Å². The van der Waals surface area contributed by atoms with Gasteiger partial charge < -0.3 is 19.3 Å². The van der Waals surface area contributed by atoms with E-state index in [4.69, 9.17) is 14.6 Å². The Morgan fingerprint density at radius 3 is 2.52 bits per heavy atom. The second-order valence-corrected chi connectivity index (χ2v) is 3.73. The van der Waals surface area contributed by atoms with E-state index in [-0.39, 0.29) is 23.7 Å². The van der Waals surface area contributed by atoms with Gasteiger partial charge in [-0.25, -0.2) is 9.59 Å². The predicted octanol–water partition coefficient (Wildman–Crippen LogP) is 1.04. The molecule has 0 bridgehead atoms. The van der Waals surface area contributed by atoms with Crippen molar-refractivity contribution in [1.29, 1.82) is 0 Å². The van der Waals surface area contributed by atoms with Crippen LogP contribution in [0.25, 0.3) is 0 Å². The van der Waals surface area contributed by atoms with Crippen LogP contribution in [0.2, 0.25) is 0 Å².